The number of benzene rings is 2. The van der Waals surface area contributed by atoms with Gasteiger partial charge in [0.05, 0.1) is 6.42 Å². The van der Waals surface area contributed by atoms with Crippen LogP contribution in [0.15, 0.2) is 67.0 Å². The van der Waals surface area contributed by atoms with Crippen molar-refractivity contribution in [3.63, 3.8) is 0 Å². The number of thiocarbonyl (C=S) groups is 1. The van der Waals surface area contributed by atoms with Crippen LogP contribution in [0.25, 0.3) is 22.0 Å². The molecule has 0 radical (unpaired) electrons. The Morgan fingerprint density at radius 1 is 1.15 bits per heavy atom. The molecular formula is C28H28F3N5O2S2. The zero-order valence-corrected chi connectivity index (χ0v) is 23.0. The molecule has 210 valence electrons. The lowest BCUT2D eigenvalue weighted by atomic mass is 10.0. The van der Waals surface area contributed by atoms with Crippen molar-refractivity contribution >= 4 is 45.4 Å². The van der Waals surface area contributed by atoms with Crippen LogP contribution in [-0.4, -0.2) is 47.9 Å². The van der Waals surface area contributed by atoms with Gasteiger partial charge in [-0.2, -0.15) is 0 Å². The maximum atomic E-state index is 13.0. The fourth-order valence-corrected chi connectivity index (χ4v) is 6.09. The van der Waals surface area contributed by atoms with E-state index in [0.717, 1.165) is 43.2 Å². The van der Waals surface area contributed by atoms with Crippen molar-refractivity contribution in [2.24, 2.45) is 5.73 Å². The molecule has 5 rings (SSSR count). The molecule has 0 bridgehead atoms. The Morgan fingerprint density at radius 3 is 2.60 bits per heavy atom. The third-order valence-electron chi connectivity index (χ3n) is 7.11. The summed E-state index contributed by atoms with van der Waals surface area (Å²) in [6.07, 6.45) is 4.85. The van der Waals surface area contributed by atoms with Crippen LogP contribution >= 0.6 is 12.2 Å². The van der Waals surface area contributed by atoms with Gasteiger partial charge in [0.15, 0.2) is 11.4 Å². The number of carbonyl (C=O) groups excluding carboxylic acids is 1. The SMILES string of the molecule is NC(=S)c1cccc(-c2cn(C3CCN([S+]([O-])C(F)(F)F)CC3)c3cc(CNC(=O)Cc4ccc[nH]4)ccc23)c1. The second-order valence-corrected chi connectivity index (χ2v) is 11.7. The highest BCUT2D eigenvalue weighted by Gasteiger charge is 2.50. The third kappa shape index (κ3) is 6.20. The summed E-state index contributed by atoms with van der Waals surface area (Å²) in [4.78, 5) is 15.7. The number of piperidine rings is 1. The number of carbonyl (C=O) groups is 1. The lowest BCUT2D eigenvalue weighted by Gasteiger charge is -2.32. The van der Waals surface area contributed by atoms with Gasteiger partial charge in [0.25, 0.3) is 0 Å². The van der Waals surface area contributed by atoms with Crippen molar-refractivity contribution < 1.29 is 22.5 Å². The van der Waals surface area contributed by atoms with Crippen LogP contribution in [0.2, 0.25) is 0 Å². The first-order chi connectivity index (χ1) is 19.1. The standard InChI is InChI=1S/C28H28F3N5O2S2/c29-28(30,31)40(38)35-11-8-22(9-12-35)36-17-24(19-3-1-4-20(14-19)27(32)39)23-7-6-18(13-25(23)36)16-34-26(37)15-21-5-2-10-33-21/h1-7,10,13-14,17,22,33H,8-9,11-12,15-16H2,(H2,32,39)(H,34,37). The van der Waals surface area contributed by atoms with Crippen molar-refractivity contribution in [2.45, 2.75) is 37.4 Å². The van der Waals surface area contributed by atoms with Crippen molar-refractivity contribution in [3.8, 4) is 11.1 Å². The van der Waals surface area contributed by atoms with Gasteiger partial charge in [0.2, 0.25) is 5.91 Å². The predicted octanol–water partition coefficient (Wildman–Crippen LogP) is 4.95. The zero-order valence-electron chi connectivity index (χ0n) is 21.4. The Hall–Kier alpha value is -3.32. The average molecular weight is 588 g/mol. The first kappa shape index (κ1) is 28.2. The minimum Gasteiger partial charge on any atom is -0.591 e. The Balaban J connectivity index is 1.44. The molecule has 0 aliphatic carbocycles. The van der Waals surface area contributed by atoms with Gasteiger partial charge in [-0.25, -0.2) is 0 Å². The van der Waals surface area contributed by atoms with Gasteiger partial charge in [-0.1, -0.05) is 42.5 Å². The molecule has 40 heavy (non-hydrogen) atoms. The van der Waals surface area contributed by atoms with Gasteiger partial charge in [-0.05, 0) is 48.2 Å². The highest BCUT2D eigenvalue weighted by Crippen LogP contribution is 2.38. The highest BCUT2D eigenvalue weighted by molar-refractivity contribution is 7.90. The lowest BCUT2D eigenvalue weighted by Crippen LogP contribution is -2.45. The quantitative estimate of drug-likeness (QED) is 0.200. The number of hydrogen-bond donors (Lipinski definition) is 3. The third-order valence-corrected chi connectivity index (χ3v) is 8.58. The number of fused-ring (bicyclic) bond motifs is 1. The largest absolute Gasteiger partial charge is 0.593 e. The number of rotatable bonds is 8. The van der Waals surface area contributed by atoms with Crippen molar-refractivity contribution in [3.05, 3.63) is 83.8 Å². The molecule has 1 saturated heterocycles. The number of halogens is 3. The van der Waals surface area contributed by atoms with E-state index in [2.05, 4.69) is 14.9 Å². The smallest absolute Gasteiger partial charge is 0.591 e. The van der Waals surface area contributed by atoms with Crippen LogP contribution in [0.4, 0.5) is 13.2 Å². The van der Waals surface area contributed by atoms with E-state index in [1.165, 1.54) is 0 Å². The highest BCUT2D eigenvalue weighted by atomic mass is 32.2. The number of nitrogens with two attached hydrogens (primary N) is 1. The molecule has 1 amide bonds. The Labute approximate surface area is 237 Å². The lowest BCUT2D eigenvalue weighted by molar-refractivity contribution is -0.120. The molecule has 12 heteroatoms. The zero-order chi connectivity index (χ0) is 28.4. The summed E-state index contributed by atoms with van der Waals surface area (Å²) in [5, 5.41) is 3.91. The van der Waals surface area contributed by atoms with E-state index in [-0.39, 0.29) is 36.4 Å². The number of nitrogens with zero attached hydrogens (tertiary/aromatic N) is 2. The van der Waals surface area contributed by atoms with Crippen LogP contribution in [0.1, 0.15) is 35.7 Å². The minimum atomic E-state index is -4.77. The molecule has 7 nitrogen and oxygen atoms in total. The summed E-state index contributed by atoms with van der Waals surface area (Å²) in [6, 6.07) is 17.2. The molecule has 1 aliphatic rings. The van der Waals surface area contributed by atoms with Crippen LogP contribution in [-0.2, 0) is 29.1 Å². The first-order valence-corrected chi connectivity index (χ1v) is 14.3. The Bertz CT molecular complexity index is 1510. The molecule has 4 N–H and O–H groups in total. The van der Waals surface area contributed by atoms with Gasteiger partial charge in [0.1, 0.15) is 4.99 Å². The fraction of sp³-hybridized carbons (Fsp3) is 0.286. The van der Waals surface area contributed by atoms with E-state index in [1.807, 2.05) is 60.8 Å². The van der Waals surface area contributed by atoms with E-state index in [0.29, 0.717) is 19.4 Å². The molecule has 3 heterocycles. The number of aromatic nitrogens is 2. The second kappa shape index (κ2) is 11.7. The Kier molecular flexibility index (Phi) is 8.22. The fourth-order valence-electron chi connectivity index (χ4n) is 5.13. The molecule has 2 aromatic carbocycles. The summed E-state index contributed by atoms with van der Waals surface area (Å²) < 4.78 is 54.0. The summed E-state index contributed by atoms with van der Waals surface area (Å²) in [5.74, 6) is -0.113. The first-order valence-electron chi connectivity index (χ1n) is 12.8. The van der Waals surface area contributed by atoms with E-state index in [9.17, 15) is 22.5 Å². The average Bonchev–Trinajstić information content (AvgIpc) is 3.59. The molecule has 1 atom stereocenters. The van der Waals surface area contributed by atoms with Crippen molar-refractivity contribution in [1.29, 1.82) is 0 Å². The van der Waals surface area contributed by atoms with Gasteiger partial charge in [-0.3, -0.25) is 4.79 Å². The number of H-pyrrole nitrogens is 1. The Morgan fingerprint density at radius 2 is 1.93 bits per heavy atom. The maximum Gasteiger partial charge on any atom is 0.593 e. The molecule has 1 fully saturated rings. The van der Waals surface area contributed by atoms with E-state index < -0.39 is 16.9 Å². The second-order valence-electron chi connectivity index (χ2n) is 9.75. The number of hydrogen-bond acceptors (Lipinski definition) is 4. The topological polar surface area (TPSA) is 102 Å². The van der Waals surface area contributed by atoms with Crippen LogP contribution < -0.4 is 11.1 Å². The van der Waals surface area contributed by atoms with Crippen LogP contribution in [0, 0.1) is 0 Å². The molecule has 0 saturated carbocycles. The number of aromatic amines is 1. The van der Waals surface area contributed by atoms with E-state index in [1.54, 1.807) is 6.20 Å². The maximum absolute atomic E-state index is 13.0. The predicted molar refractivity (Wildman–Crippen MR) is 154 cm³/mol. The van der Waals surface area contributed by atoms with Gasteiger partial charge >= 0.3 is 5.51 Å². The van der Waals surface area contributed by atoms with Crippen molar-refractivity contribution in [1.82, 2.24) is 19.2 Å². The number of alkyl halides is 3. The molecule has 1 aliphatic heterocycles. The molecule has 1 unspecified atom stereocenters. The molecule has 0 spiro atoms. The number of nitrogens with one attached hydrogen (secondary N) is 2. The number of amides is 1. The summed E-state index contributed by atoms with van der Waals surface area (Å²) in [6.45, 7) is 0.463. The van der Waals surface area contributed by atoms with Crippen LogP contribution in [0.3, 0.4) is 0 Å². The molecule has 2 aromatic heterocycles. The van der Waals surface area contributed by atoms with Gasteiger partial charge in [0, 0.05) is 65.8 Å². The molecule has 4 aromatic rings. The van der Waals surface area contributed by atoms with Crippen molar-refractivity contribution in [2.75, 3.05) is 13.1 Å². The van der Waals surface area contributed by atoms with E-state index in [4.69, 9.17) is 18.0 Å². The molecular weight excluding hydrogens is 559 g/mol. The minimum absolute atomic E-state index is 0.0667. The summed E-state index contributed by atoms with van der Waals surface area (Å²) in [7, 11) is 0. The monoisotopic (exact) mass is 587 g/mol. The van der Waals surface area contributed by atoms with Gasteiger partial charge < -0.3 is 25.2 Å². The summed E-state index contributed by atoms with van der Waals surface area (Å²) >= 11 is 2.14. The normalized spacial score (nSPS) is 15.8. The summed E-state index contributed by atoms with van der Waals surface area (Å²) in [5.41, 5.74) is 6.31. The van der Waals surface area contributed by atoms with Gasteiger partial charge in [-0.15, -0.1) is 17.5 Å². The van der Waals surface area contributed by atoms with Crippen LogP contribution in [0.5, 0.6) is 0 Å². The van der Waals surface area contributed by atoms with E-state index >= 15 is 0 Å².